The number of thiocarbonyl (C=S) groups is 1. The van der Waals surface area contributed by atoms with Gasteiger partial charge in [0.2, 0.25) is 0 Å². The van der Waals surface area contributed by atoms with Crippen molar-refractivity contribution in [3.05, 3.63) is 46.5 Å². The van der Waals surface area contributed by atoms with Gasteiger partial charge in [0.1, 0.15) is 5.57 Å². The molecule has 1 saturated heterocycles. The monoisotopic (exact) mass is 314 g/mol. The number of carbonyl (C=O) groups excluding carboxylic acids is 2. The second kappa shape index (κ2) is 5.65. The van der Waals surface area contributed by atoms with Crippen molar-refractivity contribution in [1.82, 2.24) is 9.80 Å². The van der Waals surface area contributed by atoms with Crippen molar-refractivity contribution in [1.29, 1.82) is 0 Å². The number of rotatable bonds is 2. The molecular formula is C17H18N2O2S. The van der Waals surface area contributed by atoms with E-state index in [1.807, 2.05) is 26.0 Å². The second-order valence-corrected chi connectivity index (χ2v) is 5.85. The van der Waals surface area contributed by atoms with Gasteiger partial charge in [-0.05, 0) is 55.6 Å². The van der Waals surface area contributed by atoms with E-state index in [2.05, 4.69) is 12.1 Å². The standard InChI is InChI=1S/C17H18N2O2S/c1-3-18-15(20)14(16(21)19(4-2)17(18)22)13-9-11-7-5-6-8-12(11)10-13/h5-8H,3-4,9-10H2,1-2H3. The zero-order valence-corrected chi connectivity index (χ0v) is 13.6. The topological polar surface area (TPSA) is 40.6 Å². The van der Waals surface area contributed by atoms with E-state index in [1.54, 1.807) is 0 Å². The first-order valence-corrected chi connectivity index (χ1v) is 7.95. The molecule has 0 atom stereocenters. The fraction of sp³-hybridized carbons (Fsp3) is 0.353. The number of benzene rings is 1. The van der Waals surface area contributed by atoms with E-state index in [4.69, 9.17) is 12.2 Å². The van der Waals surface area contributed by atoms with Crippen LogP contribution in [0.25, 0.3) is 0 Å². The molecule has 114 valence electrons. The van der Waals surface area contributed by atoms with E-state index in [9.17, 15) is 9.59 Å². The van der Waals surface area contributed by atoms with Crippen molar-refractivity contribution >= 4 is 29.1 Å². The SMILES string of the molecule is CCN1C(=O)C(=C2Cc3ccccc3C2)C(=O)N(CC)C1=S. The zero-order chi connectivity index (χ0) is 15.9. The van der Waals surface area contributed by atoms with E-state index in [-0.39, 0.29) is 11.8 Å². The number of amides is 2. The highest BCUT2D eigenvalue weighted by atomic mass is 32.1. The lowest BCUT2D eigenvalue weighted by molar-refractivity contribution is -0.133. The highest BCUT2D eigenvalue weighted by Crippen LogP contribution is 2.31. The minimum absolute atomic E-state index is 0.245. The van der Waals surface area contributed by atoms with Gasteiger partial charge < -0.3 is 0 Å². The van der Waals surface area contributed by atoms with Crippen LogP contribution in [0.3, 0.4) is 0 Å². The molecule has 3 rings (SSSR count). The highest BCUT2D eigenvalue weighted by Gasteiger charge is 2.40. The Balaban J connectivity index is 2.06. The molecule has 0 aromatic heterocycles. The van der Waals surface area contributed by atoms with Crippen LogP contribution in [-0.4, -0.2) is 39.8 Å². The van der Waals surface area contributed by atoms with Crippen LogP contribution < -0.4 is 0 Å². The van der Waals surface area contributed by atoms with Gasteiger partial charge in [-0.25, -0.2) is 0 Å². The summed E-state index contributed by atoms with van der Waals surface area (Å²) >= 11 is 5.29. The van der Waals surface area contributed by atoms with E-state index in [1.165, 1.54) is 20.9 Å². The lowest BCUT2D eigenvalue weighted by Gasteiger charge is -2.36. The molecule has 1 fully saturated rings. The molecule has 2 amide bonds. The summed E-state index contributed by atoms with van der Waals surface area (Å²) in [7, 11) is 0. The Kier molecular flexibility index (Phi) is 3.83. The summed E-state index contributed by atoms with van der Waals surface area (Å²) in [6.07, 6.45) is 1.34. The van der Waals surface area contributed by atoms with Crippen LogP contribution in [0, 0.1) is 0 Å². The first kappa shape index (κ1) is 14.9. The van der Waals surface area contributed by atoms with Crippen LogP contribution in [0.15, 0.2) is 35.4 Å². The van der Waals surface area contributed by atoms with E-state index < -0.39 is 0 Å². The average molecular weight is 314 g/mol. The Labute approximate surface area is 135 Å². The second-order valence-electron chi connectivity index (χ2n) is 5.48. The van der Waals surface area contributed by atoms with Gasteiger partial charge in [-0.3, -0.25) is 19.4 Å². The third-order valence-electron chi connectivity index (χ3n) is 4.29. The molecule has 0 N–H and O–H groups in total. The molecule has 1 aromatic rings. The Bertz CT molecular complexity index is 653. The molecule has 0 unspecified atom stereocenters. The van der Waals surface area contributed by atoms with Crippen LogP contribution in [-0.2, 0) is 22.4 Å². The summed E-state index contributed by atoms with van der Waals surface area (Å²) < 4.78 is 0. The first-order chi connectivity index (χ1) is 10.6. The van der Waals surface area contributed by atoms with Crippen LogP contribution >= 0.6 is 12.2 Å². The summed E-state index contributed by atoms with van der Waals surface area (Å²) in [5.74, 6) is -0.491. The van der Waals surface area contributed by atoms with E-state index >= 15 is 0 Å². The number of carbonyl (C=O) groups is 2. The molecule has 0 bridgehead atoms. The number of likely N-dealkylation sites (N-methyl/N-ethyl adjacent to an activating group) is 2. The molecule has 2 aliphatic rings. The maximum atomic E-state index is 12.7. The van der Waals surface area contributed by atoms with Crippen molar-refractivity contribution < 1.29 is 9.59 Å². The molecule has 1 heterocycles. The van der Waals surface area contributed by atoms with E-state index in [0.29, 0.717) is 36.6 Å². The van der Waals surface area contributed by atoms with Gasteiger partial charge in [-0.1, -0.05) is 24.3 Å². The average Bonchev–Trinajstić information content (AvgIpc) is 2.91. The van der Waals surface area contributed by atoms with Crippen LogP contribution in [0.1, 0.15) is 25.0 Å². The smallest absolute Gasteiger partial charge is 0.265 e. The summed E-state index contributed by atoms with van der Waals surface area (Å²) in [6.45, 7) is 4.70. The van der Waals surface area contributed by atoms with Gasteiger partial charge in [0.05, 0.1) is 0 Å². The van der Waals surface area contributed by atoms with Crippen LogP contribution in [0.4, 0.5) is 0 Å². The van der Waals surface area contributed by atoms with Gasteiger partial charge in [-0.2, -0.15) is 0 Å². The number of nitrogens with zero attached hydrogens (tertiary/aromatic N) is 2. The molecule has 0 radical (unpaired) electrons. The number of hydrogen-bond donors (Lipinski definition) is 0. The largest absolute Gasteiger partial charge is 0.285 e. The fourth-order valence-corrected chi connectivity index (χ4v) is 3.57. The molecule has 0 spiro atoms. The molecule has 4 nitrogen and oxygen atoms in total. The Morgan fingerprint density at radius 3 is 1.82 bits per heavy atom. The van der Waals surface area contributed by atoms with Crippen molar-refractivity contribution in [2.45, 2.75) is 26.7 Å². The summed E-state index contributed by atoms with van der Waals surface area (Å²) in [5.41, 5.74) is 3.62. The molecular weight excluding hydrogens is 296 g/mol. The molecule has 22 heavy (non-hydrogen) atoms. The van der Waals surface area contributed by atoms with Gasteiger partial charge in [0.25, 0.3) is 11.8 Å². The quantitative estimate of drug-likeness (QED) is 0.477. The van der Waals surface area contributed by atoms with Crippen LogP contribution in [0.2, 0.25) is 0 Å². The third kappa shape index (κ3) is 2.16. The Morgan fingerprint density at radius 2 is 1.41 bits per heavy atom. The Morgan fingerprint density at radius 1 is 0.955 bits per heavy atom. The molecule has 0 saturated carbocycles. The predicted molar refractivity (Wildman–Crippen MR) is 88.2 cm³/mol. The minimum Gasteiger partial charge on any atom is -0.285 e. The lowest BCUT2D eigenvalue weighted by Crippen LogP contribution is -2.56. The molecule has 1 aromatic carbocycles. The Hall–Kier alpha value is -2.01. The van der Waals surface area contributed by atoms with Gasteiger partial charge >= 0.3 is 0 Å². The van der Waals surface area contributed by atoms with Gasteiger partial charge in [-0.15, -0.1) is 0 Å². The summed E-state index contributed by atoms with van der Waals surface area (Å²) in [4.78, 5) is 28.5. The summed E-state index contributed by atoms with van der Waals surface area (Å²) in [5, 5.41) is 0.319. The summed E-state index contributed by atoms with van der Waals surface area (Å²) in [6, 6.07) is 8.09. The third-order valence-corrected chi connectivity index (χ3v) is 4.73. The number of hydrogen-bond acceptors (Lipinski definition) is 3. The lowest BCUT2D eigenvalue weighted by atomic mass is 10.0. The predicted octanol–water partition coefficient (Wildman–Crippen LogP) is 2.08. The maximum absolute atomic E-state index is 12.7. The normalized spacial score (nSPS) is 18.4. The zero-order valence-electron chi connectivity index (χ0n) is 12.8. The number of allylic oxidation sites excluding steroid dienone is 1. The van der Waals surface area contributed by atoms with Crippen molar-refractivity contribution in [3.63, 3.8) is 0 Å². The molecule has 1 aliphatic carbocycles. The number of fused-ring (bicyclic) bond motifs is 1. The maximum Gasteiger partial charge on any atom is 0.265 e. The van der Waals surface area contributed by atoms with Crippen molar-refractivity contribution in [2.24, 2.45) is 0 Å². The highest BCUT2D eigenvalue weighted by molar-refractivity contribution is 7.80. The van der Waals surface area contributed by atoms with Gasteiger partial charge in [0, 0.05) is 13.1 Å². The first-order valence-electron chi connectivity index (χ1n) is 7.55. The van der Waals surface area contributed by atoms with Crippen molar-refractivity contribution in [2.75, 3.05) is 13.1 Å². The minimum atomic E-state index is -0.245. The molecule has 1 aliphatic heterocycles. The van der Waals surface area contributed by atoms with E-state index in [0.717, 1.165) is 5.57 Å². The van der Waals surface area contributed by atoms with Gasteiger partial charge in [0.15, 0.2) is 5.11 Å². The van der Waals surface area contributed by atoms with Crippen molar-refractivity contribution in [3.8, 4) is 0 Å². The fourth-order valence-electron chi connectivity index (χ4n) is 3.14. The molecule has 5 heteroatoms. The van der Waals surface area contributed by atoms with Crippen LogP contribution in [0.5, 0.6) is 0 Å².